The highest BCUT2D eigenvalue weighted by molar-refractivity contribution is 5.75. The summed E-state index contributed by atoms with van der Waals surface area (Å²) in [5.41, 5.74) is 0. The maximum Gasteiger partial charge on any atom is 0.219 e. The van der Waals surface area contributed by atoms with E-state index < -0.39 is 0 Å². The molecule has 27 heavy (non-hydrogen) atoms. The second-order valence-corrected chi connectivity index (χ2v) is 8.46. The minimum atomic E-state index is 0.269. The van der Waals surface area contributed by atoms with Crippen molar-refractivity contribution >= 4 is 5.91 Å². The van der Waals surface area contributed by atoms with Crippen molar-refractivity contribution in [3.63, 3.8) is 0 Å². The van der Waals surface area contributed by atoms with Gasteiger partial charge in [0.05, 0.1) is 0 Å². The first-order chi connectivity index (χ1) is 13.3. The normalized spacial score (nSPS) is 11.0. The van der Waals surface area contributed by atoms with Crippen LogP contribution >= 0.6 is 0 Å². The van der Waals surface area contributed by atoms with Gasteiger partial charge in [-0.05, 0) is 12.8 Å². The van der Waals surface area contributed by atoms with Gasteiger partial charge in [0, 0.05) is 13.0 Å². The van der Waals surface area contributed by atoms with Crippen molar-refractivity contribution in [2.75, 3.05) is 6.54 Å². The van der Waals surface area contributed by atoms with Crippen LogP contribution in [0.15, 0.2) is 0 Å². The number of nitrogens with one attached hydrogen (secondary N) is 1. The van der Waals surface area contributed by atoms with E-state index in [0.717, 1.165) is 25.8 Å². The molecule has 2 heteroatoms. The third-order valence-electron chi connectivity index (χ3n) is 5.61. The summed E-state index contributed by atoms with van der Waals surface area (Å²) in [6.45, 7) is 5.43. The van der Waals surface area contributed by atoms with E-state index in [0.29, 0.717) is 0 Å². The first-order valence-electron chi connectivity index (χ1n) is 12.6. The van der Waals surface area contributed by atoms with Gasteiger partial charge in [-0.3, -0.25) is 4.79 Å². The predicted molar refractivity (Wildman–Crippen MR) is 121 cm³/mol. The van der Waals surface area contributed by atoms with Gasteiger partial charge in [-0.1, -0.05) is 129 Å². The van der Waals surface area contributed by atoms with Gasteiger partial charge in [-0.2, -0.15) is 0 Å². The quantitative estimate of drug-likeness (QED) is 0.188. The fourth-order valence-electron chi connectivity index (χ4n) is 3.70. The number of hydrogen-bond donors (Lipinski definition) is 1. The maximum absolute atomic E-state index is 11.8. The molecule has 0 aromatic carbocycles. The molecular weight excluding hydrogens is 330 g/mol. The highest BCUT2D eigenvalue weighted by Crippen LogP contribution is 2.12. The number of carbonyl (C=O) groups is 1. The molecule has 0 saturated carbocycles. The lowest BCUT2D eigenvalue weighted by Gasteiger charge is -2.06. The highest BCUT2D eigenvalue weighted by atomic mass is 16.1. The zero-order chi connectivity index (χ0) is 19.8. The molecule has 1 amide bonds. The summed E-state index contributed by atoms with van der Waals surface area (Å²) in [6.07, 6.45) is 27.5. The van der Waals surface area contributed by atoms with Crippen LogP contribution in [-0.2, 0) is 4.79 Å². The Balaban J connectivity index is 3.13. The van der Waals surface area contributed by atoms with Gasteiger partial charge in [0.1, 0.15) is 0 Å². The van der Waals surface area contributed by atoms with Crippen molar-refractivity contribution in [3.8, 4) is 0 Å². The Morgan fingerprint density at radius 3 is 1.22 bits per heavy atom. The molecule has 0 bridgehead atoms. The molecule has 0 aromatic rings. The highest BCUT2D eigenvalue weighted by Gasteiger charge is 2.00. The van der Waals surface area contributed by atoms with E-state index in [1.807, 2.05) is 0 Å². The molecule has 1 N–H and O–H groups in total. The Morgan fingerprint density at radius 2 is 0.815 bits per heavy atom. The Labute approximate surface area is 171 Å². The summed E-state index contributed by atoms with van der Waals surface area (Å²) in [4.78, 5) is 11.8. The number of rotatable bonds is 22. The maximum atomic E-state index is 11.8. The molecule has 0 unspecified atom stereocenters. The summed E-state index contributed by atoms with van der Waals surface area (Å²) in [5, 5.41) is 3.10. The monoisotopic (exact) mass is 381 g/mol. The van der Waals surface area contributed by atoms with Crippen molar-refractivity contribution in [1.29, 1.82) is 0 Å². The van der Waals surface area contributed by atoms with Crippen LogP contribution in [0.4, 0.5) is 0 Å². The van der Waals surface area contributed by atoms with Crippen LogP contribution in [-0.4, -0.2) is 12.5 Å². The summed E-state index contributed by atoms with van der Waals surface area (Å²) in [5.74, 6) is 0.269. The third-order valence-corrected chi connectivity index (χ3v) is 5.61. The number of carbonyl (C=O) groups excluding carboxylic acids is 1. The van der Waals surface area contributed by atoms with Crippen LogP contribution in [0.3, 0.4) is 0 Å². The average Bonchev–Trinajstić information content (AvgIpc) is 2.67. The first-order valence-corrected chi connectivity index (χ1v) is 12.6. The van der Waals surface area contributed by atoms with E-state index >= 15 is 0 Å². The Hall–Kier alpha value is -0.530. The Bertz CT molecular complexity index is 290. The van der Waals surface area contributed by atoms with Gasteiger partial charge in [0.15, 0.2) is 0 Å². The number of amides is 1. The van der Waals surface area contributed by atoms with Crippen molar-refractivity contribution in [2.45, 2.75) is 149 Å². The lowest BCUT2D eigenvalue weighted by molar-refractivity contribution is -0.121. The van der Waals surface area contributed by atoms with Gasteiger partial charge < -0.3 is 5.32 Å². The van der Waals surface area contributed by atoms with E-state index in [4.69, 9.17) is 0 Å². The molecule has 0 heterocycles. The smallest absolute Gasteiger partial charge is 0.219 e. The van der Waals surface area contributed by atoms with Gasteiger partial charge in [-0.15, -0.1) is 0 Å². The van der Waals surface area contributed by atoms with E-state index in [1.165, 1.54) is 116 Å². The number of hydrogen-bond acceptors (Lipinski definition) is 1. The van der Waals surface area contributed by atoms with Crippen molar-refractivity contribution in [2.24, 2.45) is 0 Å². The summed E-state index contributed by atoms with van der Waals surface area (Å²) < 4.78 is 0. The molecule has 0 rings (SSSR count). The lowest BCUT2D eigenvalue weighted by Crippen LogP contribution is -2.23. The second kappa shape index (κ2) is 23.5. The molecule has 0 spiro atoms. The van der Waals surface area contributed by atoms with E-state index in [1.54, 1.807) is 0 Å². The van der Waals surface area contributed by atoms with Crippen LogP contribution < -0.4 is 5.32 Å². The lowest BCUT2D eigenvalue weighted by atomic mass is 10.1. The van der Waals surface area contributed by atoms with Crippen LogP contribution in [0.2, 0.25) is 0 Å². The molecule has 2 nitrogen and oxygen atoms in total. The zero-order valence-corrected chi connectivity index (χ0v) is 19.0. The van der Waals surface area contributed by atoms with Crippen LogP contribution in [0.25, 0.3) is 0 Å². The number of unbranched alkanes of at least 4 members (excludes halogenated alkanes) is 18. The topological polar surface area (TPSA) is 29.1 Å². The first kappa shape index (κ1) is 26.5. The van der Waals surface area contributed by atoms with Crippen molar-refractivity contribution < 1.29 is 4.79 Å². The minimum Gasteiger partial charge on any atom is -0.356 e. The summed E-state index contributed by atoms with van der Waals surface area (Å²) in [6, 6.07) is 0. The van der Waals surface area contributed by atoms with Crippen LogP contribution in [0.5, 0.6) is 0 Å². The standard InChI is InChI=1S/C25H51NO/c1-3-5-7-9-11-13-15-17-19-21-23-25(27)26-24-22-20-18-16-14-12-10-8-6-4-2/h3-24H2,1-2H3,(H,26,27). The average molecular weight is 382 g/mol. The van der Waals surface area contributed by atoms with Crippen molar-refractivity contribution in [1.82, 2.24) is 5.32 Å². The third kappa shape index (κ3) is 23.4. The van der Waals surface area contributed by atoms with Gasteiger partial charge in [0.25, 0.3) is 0 Å². The molecule has 0 radical (unpaired) electrons. The fourth-order valence-corrected chi connectivity index (χ4v) is 3.70. The van der Waals surface area contributed by atoms with E-state index in [9.17, 15) is 4.79 Å². The molecule has 162 valence electrons. The van der Waals surface area contributed by atoms with Crippen LogP contribution in [0, 0.1) is 0 Å². The molecule has 0 atom stereocenters. The van der Waals surface area contributed by atoms with E-state index in [2.05, 4.69) is 19.2 Å². The summed E-state index contributed by atoms with van der Waals surface area (Å²) >= 11 is 0. The molecule has 0 aliphatic heterocycles. The Kier molecular flexibility index (Phi) is 23.0. The molecule has 0 aliphatic rings. The molecule has 0 aromatic heterocycles. The Morgan fingerprint density at radius 1 is 0.481 bits per heavy atom. The zero-order valence-electron chi connectivity index (χ0n) is 19.0. The molecular formula is C25H51NO. The second-order valence-electron chi connectivity index (χ2n) is 8.46. The van der Waals surface area contributed by atoms with Gasteiger partial charge >= 0.3 is 0 Å². The molecule has 0 saturated heterocycles. The fraction of sp³-hybridized carbons (Fsp3) is 0.960. The van der Waals surface area contributed by atoms with Crippen LogP contribution in [0.1, 0.15) is 149 Å². The van der Waals surface area contributed by atoms with Gasteiger partial charge in [0.2, 0.25) is 5.91 Å². The van der Waals surface area contributed by atoms with Crippen molar-refractivity contribution in [3.05, 3.63) is 0 Å². The summed E-state index contributed by atoms with van der Waals surface area (Å²) in [7, 11) is 0. The molecule has 0 aliphatic carbocycles. The van der Waals surface area contributed by atoms with Gasteiger partial charge in [-0.25, -0.2) is 0 Å². The minimum absolute atomic E-state index is 0.269. The predicted octanol–water partition coefficient (Wildman–Crippen LogP) is 8.33. The van der Waals surface area contributed by atoms with E-state index in [-0.39, 0.29) is 5.91 Å². The molecule has 0 fully saturated rings. The largest absolute Gasteiger partial charge is 0.356 e. The SMILES string of the molecule is CCCCCCCCCCCCNC(=O)CCCCCCCCCCCC.